The Balaban J connectivity index is 1.95. The van der Waals surface area contributed by atoms with E-state index in [9.17, 15) is 10.1 Å². The molecule has 1 heterocycles. The van der Waals surface area contributed by atoms with E-state index >= 15 is 0 Å². The lowest BCUT2D eigenvalue weighted by Gasteiger charge is -2.17. The molecule has 1 atom stereocenters. The van der Waals surface area contributed by atoms with E-state index in [1.807, 2.05) is 57.2 Å². The molecule has 0 radical (unpaired) electrons. The first-order valence-electron chi connectivity index (χ1n) is 10.5. The number of nitrogens with one attached hydrogen (secondary N) is 1. The van der Waals surface area contributed by atoms with Crippen molar-refractivity contribution in [3.05, 3.63) is 93.3 Å². The summed E-state index contributed by atoms with van der Waals surface area (Å²) in [6.07, 6.45) is 1.69. The summed E-state index contributed by atoms with van der Waals surface area (Å²) in [5, 5.41) is 12.6. The van der Waals surface area contributed by atoms with Gasteiger partial charge in [0.15, 0.2) is 0 Å². The summed E-state index contributed by atoms with van der Waals surface area (Å²) >= 11 is 0. The lowest BCUT2D eigenvalue weighted by molar-refractivity contribution is -0.117. The molecule has 4 heteroatoms. The third kappa shape index (κ3) is 4.62. The number of carbonyl (C=O) groups is 1. The van der Waals surface area contributed by atoms with Crippen molar-refractivity contribution in [3.63, 3.8) is 0 Å². The highest BCUT2D eigenvalue weighted by atomic mass is 16.1. The van der Waals surface area contributed by atoms with Crippen molar-refractivity contribution in [1.29, 1.82) is 5.26 Å². The maximum Gasteiger partial charge on any atom is 0.262 e. The molecule has 0 spiro atoms. The summed E-state index contributed by atoms with van der Waals surface area (Å²) < 4.78 is 2.20. The zero-order chi connectivity index (χ0) is 22.7. The Labute approximate surface area is 184 Å². The van der Waals surface area contributed by atoms with Crippen molar-refractivity contribution >= 4 is 12.0 Å². The molecule has 0 unspecified atom stereocenters. The first-order chi connectivity index (χ1) is 14.7. The normalized spacial score (nSPS) is 12.4. The minimum Gasteiger partial charge on any atom is -0.345 e. The number of rotatable bonds is 5. The smallest absolute Gasteiger partial charge is 0.262 e. The van der Waals surface area contributed by atoms with Gasteiger partial charge in [0.2, 0.25) is 0 Å². The van der Waals surface area contributed by atoms with Crippen molar-refractivity contribution < 1.29 is 4.79 Å². The average Bonchev–Trinajstić information content (AvgIpc) is 2.99. The molecule has 0 saturated carbocycles. The highest BCUT2D eigenvalue weighted by molar-refractivity contribution is 6.02. The second-order valence-electron chi connectivity index (χ2n) is 8.18. The van der Waals surface area contributed by atoms with Crippen LogP contribution in [-0.2, 0) is 4.79 Å². The Hall–Kier alpha value is -3.58. The van der Waals surface area contributed by atoms with Crippen LogP contribution in [0.4, 0.5) is 0 Å². The molecule has 1 amide bonds. The van der Waals surface area contributed by atoms with Gasteiger partial charge in [-0.05, 0) is 75.9 Å². The van der Waals surface area contributed by atoms with Gasteiger partial charge in [-0.15, -0.1) is 0 Å². The van der Waals surface area contributed by atoms with Gasteiger partial charge in [0.05, 0.1) is 11.7 Å². The highest BCUT2D eigenvalue weighted by Crippen LogP contribution is 2.28. The number of aryl methyl sites for hydroxylation is 4. The van der Waals surface area contributed by atoms with Gasteiger partial charge < -0.3 is 9.88 Å². The van der Waals surface area contributed by atoms with Crippen LogP contribution in [0.25, 0.3) is 11.8 Å². The van der Waals surface area contributed by atoms with E-state index in [0.717, 1.165) is 28.2 Å². The van der Waals surface area contributed by atoms with E-state index in [0.29, 0.717) is 0 Å². The van der Waals surface area contributed by atoms with E-state index in [4.69, 9.17) is 0 Å². The maximum absolute atomic E-state index is 12.8. The minimum atomic E-state index is -0.369. The molecule has 0 saturated heterocycles. The Morgan fingerprint density at radius 3 is 2.23 bits per heavy atom. The van der Waals surface area contributed by atoms with Crippen LogP contribution in [0.5, 0.6) is 0 Å². The van der Waals surface area contributed by atoms with Crippen LogP contribution in [0, 0.1) is 45.9 Å². The number of benzene rings is 2. The predicted octanol–water partition coefficient (Wildman–Crippen LogP) is 5.80. The monoisotopic (exact) mass is 411 g/mol. The second-order valence-corrected chi connectivity index (χ2v) is 8.18. The first kappa shape index (κ1) is 22.1. The Bertz CT molecular complexity index is 1170. The zero-order valence-corrected chi connectivity index (χ0v) is 19.1. The molecule has 4 nitrogen and oxygen atoms in total. The molecule has 3 rings (SSSR count). The van der Waals surface area contributed by atoms with Crippen LogP contribution < -0.4 is 5.32 Å². The summed E-state index contributed by atoms with van der Waals surface area (Å²) in [6, 6.07) is 18.0. The average molecular weight is 412 g/mol. The fourth-order valence-corrected chi connectivity index (χ4v) is 4.21. The lowest BCUT2D eigenvalue weighted by Crippen LogP contribution is -2.27. The standard InChI is InChI=1S/C27H29N3O/c1-17-12-18(2)26(19(3)13-17)30-20(4)14-24(22(30)6)15-25(16-28)27(31)29-21(5)23-10-8-7-9-11-23/h7-15,21H,1-6H3,(H,29,31)/b25-15-/t21-/m1/s1. The molecule has 3 aromatic rings. The molecule has 158 valence electrons. The highest BCUT2D eigenvalue weighted by Gasteiger charge is 2.17. The fraction of sp³-hybridized carbons (Fsp3) is 0.259. The largest absolute Gasteiger partial charge is 0.345 e. The molecule has 2 aromatic carbocycles. The molecular weight excluding hydrogens is 382 g/mol. The van der Waals surface area contributed by atoms with Gasteiger partial charge >= 0.3 is 0 Å². The van der Waals surface area contributed by atoms with Gasteiger partial charge in [0.1, 0.15) is 11.6 Å². The molecule has 0 bridgehead atoms. The van der Waals surface area contributed by atoms with Crippen LogP contribution in [0.15, 0.2) is 54.1 Å². The Morgan fingerprint density at radius 2 is 1.65 bits per heavy atom. The van der Waals surface area contributed by atoms with E-state index in [1.165, 1.54) is 16.7 Å². The van der Waals surface area contributed by atoms with Crippen LogP contribution in [0.1, 0.15) is 52.2 Å². The number of hydrogen-bond acceptors (Lipinski definition) is 2. The van der Waals surface area contributed by atoms with Gasteiger partial charge in [-0.25, -0.2) is 0 Å². The quantitative estimate of drug-likeness (QED) is 0.426. The van der Waals surface area contributed by atoms with Gasteiger partial charge in [-0.3, -0.25) is 4.79 Å². The maximum atomic E-state index is 12.8. The number of carbonyl (C=O) groups excluding carboxylic acids is 1. The topological polar surface area (TPSA) is 57.8 Å². The number of hydrogen-bond donors (Lipinski definition) is 1. The van der Waals surface area contributed by atoms with E-state index in [1.54, 1.807) is 6.08 Å². The van der Waals surface area contributed by atoms with Crippen molar-refractivity contribution in [2.75, 3.05) is 0 Å². The third-order valence-electron chi connectivity index (χ3n) is 5.64. The molecule has 0 aliphatic rings. The molecule has 0 fully saturated rings. The Morgan fingerprint density at radius 1 is 1.03 bits per heavy atom. The van der Waals surface area contributed by atoms with Crippen molar-refractivity contribution in [3.8, 4) is 11.8 Å². The first-order valence-corrected chi connectivity index (χ1v) is 10.5. The van der Waals surface area contributed by atoms with Crippen LogP contribution >= 0.6 is 0 Å². The summed E-state index contributed by atoms with van der Waals surface area (Å²) in [7, 11) is 0. The number of nitrogens with zero attached hydrogens (tertiary/aromatic N) is 2. The Kier molecular flexibility index (Phi) is 6.46. The summed E-state index contributed by atoms with van der Waals surface area (Å²) in [5.41, 5.74) is 8.82. The van der Waals surface area contributed by atoms with E-state index in [-0.39, 0.29) is 17.5 Å². The third-order valence-corrected chi connectivity index (χ3v) is 5.64. The van der Waals surface area contributed by atoms with Gasteiger partial charge in [-0.2, -0.15) is 5.26 Å². The molecule has 0 aliphatic heterocycles. The molecular formula is C27H29N3O. The molecule has 1 aromatic heterocycles. The fourth-order valence-electron chi connectivity index (χ4n) is 4.21. The molecule has 0 aliphatic carbocycles. The predicted molar refractivity (Wildman–Crippen MR) is 126 cm³/mol. The van der Waals surface area contributed by atoms with Gasteiger partial charge in [0.25, 0.3) is 5.91 Å². The molecule has 1 N–H and O–H groups in total. The summed E-state index contributed by atoms with van der Waals surface area (Å²) in [6.45, 7) is 12.3. The molecule has 31 heavy (non-hydrogen) atoms. The van der Waals surface area contributed by atoms with E-state index in [2.05, 4.69) is 48.9 Å². The van der Waals surface area contributed by atoms with E-state index < -0.39 is 0 Å². The van der Waals surface area contributed by atoms with Gasteiger partial charge in [0, 0.05) is 11.4 Å². The van der Waals surface area contributed by atoms with Crippen molar-refractivity contribution in [1.82, 2.24) is 9.88 Å². The zero-order valence-electron chi connectivity index (χ0n) is 19.1. The minimum absolute atomic E-state index is 0.0976. The second kappa shape index (κ2) is 9.06. The van der Waals surface area contributed by atoms with Crippen molar-refractivity contribution in [2.45, 2.75) is 47.6 Å². The SMILES string of the molecule is Cc1cc(C)c(-n2c(C)cc(/C=C(/C#N)C(=O)N[C@H](C)c3ccccc3)c2C)c(C)c1. The van der Waals surface area contributed by atoms with Crippen LogP contribution in [-0.4, -0.2) is 10.5 Å². The number of nitriles is 1. The van der Waals surface area contributed by atoms with Crippen LogP contribution in [0.3, 0.4) is 0 Å². The number of amides is 1. The summed E-state index contributed by atoms with van der Waals surface area (Å²) in [4.78, 5) is 12.8. The van der Waals surface area contributed by atoms with Gasteiger partial charge in [-0.1, -0.05) is 48.0 Å². The number of aromatic nitrogens is 1. The van der Waals surface area contributed by atoms with Crippen molar-refractivity contribution in [2.24, 2.45) is 0 Å². The van der Waals surface area contributed by atoms with Crippen LogP contribution in [0.2, 0.25) is 0 Å². The summed E-state index contributed by atoms with van der Waals surface area (Å²) in [5.74, 6) is -0.369. The lowest BCUT2D eigenvalue weighted by atomic mass is 10.0.